The predicted octanol–water partition coefficient (Wildman–Crippen LogP) is 5.38. The Balaban J connectivity index is 1.61. The molecule has 5 nitrogen and oxygen atoms in total. The Morgan fingerprint density at radius 3 is 2.23 bits per heavy atom. The highest BCUT2D eigenvalue weighted by atomic mass is 16.4. The number of aldehydes is 1. The van der Waals surface area contributed by atoms with Crippen LogP contribution in [0.25, 0.3) is 0 Å². The Labute approximate surface area is 210 Å². The molecule has 0 amide bonds. The highest BCUT2D eigenvalue weighted by molar-refractivity contribution is 5.76. The fourth-order valence-corrected chi connectivity index (χ4v) is 10.6. The number of carboxylic acid groups (broad SMARTS) is 1. The third kappa shape index (κ3) is 3.00. The van der Waals surface area contributed by atoms with Gasteiger partial charge in [0.05, 0.1) is 23.0 Å². The molecule has 5 aliphatic rings. The van der Waals surface area contributed by atoms with Gasteiger partial charge in [0.15, 0.2) is 0 Å². The standard InChI is InChI=1S/C30H46O5/c1-25(2)11-13-30(24(34)35)14-12-28(5)18(19(30)15-25)7-8-22-26(3)16-20(32)23(33)27(4,17-31)21(26)9-10-29(22,28)6/h7,17,19-23,32-33H,8-16H2,1-6H3,(H,34,35)/t19-,20+,21+,22+,23-,26-,27-,28+,29+,30-/m0/s1. The maximum absolute atomic E-state index is 12.8. The second-order valence-corrected chi connectivity index (χ2v) is 14.9. The van der Waals surface area contributed by atoms with Crippen molar-refractivity contribution in [3.63, 3.8) is 0 Å². The summed E-state index contributed by atoms with van der Waals surface area (Å²) >= 11 is 0. The van der Waals surface area contributed by atoms with Gasteiger partial charge in [-0.3, -0.25) is 4.79 Å². The van der Waals surface area contributed by atoms with Gasteiger partial charge in [-0.05, 0) is 97.2 Å². The molecule has 0 spiro atoms. The van der Waals surface area contributed by atoms with E-state index in [0.717, 1.165) is 57.7 Å². The fraction of sp³-hybridized carbons (Fsp3) is 0.867. The van der Waals surface area contributed by atoms with Crippen LogP contribution in [0.1, 0.15) is 99.3 Å². The molecule has 0 bridgehead atoms. The van der Waals surface area contributed by atoms with Crippen molar-refractivity contribution in [1.29, 1.82) is 0 Å². The molecule has 5 heteroatoms. The minimum atomic E-state index is -1.02. The molecule has 5 aliphatic carbocycles. The number of aliphatic hydroxyl groups is 2. The molecular formula is C30H46O5. The van der Waals surface area contributed by atoms with E-state index in [4.69, 9.17) is 0 Å². The lowest BCUT2D eigenvalue weighted by Crippen LogP contribution is -2.67. The van der Waals surface area contributed by atoms with Gasteiger partial charge in [0.2, 0.25) is 0 Å². The van der Waals surface area contributed by atoms with Gasteiger partial charge in [-0.25, -0.2) is 0 Å². The first-order chi connectivity index (χ1) is 16.1. The number of carbonyl (C=O) groups is 2. The Morgan fingerprint density at radius 2 is 1.60 bits per heavy atom. The summed E-state index contributed by atoms with van der Waals surface area (Å²) < 4.78 is 0. The zero-order valence-corrected chi connectivity index (χ0v) is 22.6. The van der Waals surface area contributed by atoms with Gasteiger partial charge in [0.1, 0.15) is 6.29 Å². The highest BCUT2D eigenvalue weighted by Crippen LogP contribution is 2.75. The first-order valence-corrected chi connectivity index (χ1v) is 13.9. The minimum Gasteiger partial charge on any atom is -0.481 e. The summed E-state index contributed by atoms with van der Waals surface area (Å²) in [5.41, 5.74) is -0.475. The molecule has 35 heavy (non-hydrogen) atoms. The van der Waals surface area contributed by atoms with Crippen molar-refractivity contribution in [2.24, 2.45) is 50.2 Å². The van der Waals surface area contributed by atoms with Crippen molar-refractivity contribution in [3.8, 4) is 0 Å². The lowest BCUT2D eigenvalue weighted by molar-refractivity contribution is -0.228. The molecule has 0 aromatic heterocycles. The van der Waals surface area contributed by atoms with Crippen LogP contribution in [0.15, 0.2) is 11.6 Å². The number of rotatable bonds is 2. The van der Waals surface area contributed by atoms with Crippen molar-refractivity contribution in [2.45, 2.75) is 112 Å². The van der Waals surface area contributed by atoms with Crippen LogP contribution in [0.2, 0.25) is 0 Å². The van der Waals surface area contributed by atoms with Gasteiger partial charge in [-0.1, -0.05) is 53.2 Å². The predicted molar refractivity (Wildman–Crippen MR) is 134 cm³/mol. The molecule has 0 aromatic carbocycles. The number of hydrogen-bond donors (Lipinski definition) is 3. The molecule has 0 radical (unpaired) electrons. The van der Waals surface area contributed by atoms with E-state index in [2.05, 4.69) is 40.7 Å². The summed E-state index contributed by atoms with van der Waals surface area (Å²) in [5.74, 6) is -0.240. The van der Waals surface area contributed by atoms with E-state index < -0.39 is 29.0 Å². The number of carboxylic acids is 1. The molecule has 4 fully saturated rings. The van der Waals surface area contributed by atoms with Crippen LogP contribution in [-0.2, 0) is 9.59 Å². The van der Waals surface area contributed by atoms with Gasteiger partial charge in [-0.15, -0.1) is 0 Å². The molecule has 0 aromatic rings. The quantitative estimate of drug-likeness (QED) is 0.360. The second-order valence-electron chi connectivity index (χ2n) is 14.9. The van der Waals surface area contributed by atoms with E-state index in [1.54, 1.807) is 0 Å². The van der Waals surface area contributed by atoms with Crippen LogP contribution < -0.4 is 0 Å². The second kappa shape index (κ2) is 7.43. The van der Waals surface area contributed by atoms with Crippen molar-refractivity contribution in [1.82, 2.24) is 0 Å². The highest BCUT2D eigenvalue weighted by Gasteiger charge is 2.70. The number of aliphatic hydroxyl groups excluding tert-OH is 2. The smallest absolute Gasteiger partial charge is 0.310 e. The first kappa shape index (κ1) is 25.4. The molecule has 4 saturated carbocycles. The number of aliphatic carboxylic acids is 1. The van der Waals surface area contributed by atoms with E-state index in [1.165, 1.54) is 5.57 Å². The Hall–Kier alpha value is -1.20. The van der Waals surface area contributed by atoms with Crippen molar-refractivity contribution in [3.05, 3.63) is 11.6 Å². The maximum Gasteiger partial charge on any atom is 0.310 e. The summed E-state index contributed by atoms with van der Waals surface area (Å²) in [6, 6.07) is 0. The maximum atomic E-state index is 12.8. The molecule has 5 rings (SSSR count). The summed E-state index contributed by atoms with van der Waals surface area (Å²) in [6.07, 6.45) is 8.82. The minimum absolute atomic E-state index is 0.0258. The third-order valence-electron chi connectivity index (χ3n) is 13.0. The summed E-state index contributed by atoms with van der Waals surface area (Å²) in [4.78, 5) is 25.1. The summed E-state index contributed by atoms with van der Waals surface area (Å²) in [6.45, 7) is 13.5. The zero-order valence-electron chi connectivity index (χ0n) is 22.6. The molecule has 196 valence electrons. The van der Waals surface area contributed by atoms with Gasteiger partial charge >= 0.3 is 5.97 Å². The lowest BCUT2D eigenvalue weighted by atomic mass is 9.33. The summed E-state index contributed by atoms with van der Waals surface area (Å²) in [5, 5.41) is 32.3. The first-order valence-electron chi connectivity index (χ1n) is 13.9. The summed E-state index contributed by atoms with van der Waals surface area (Å²) in [7, 11) is 0. The van der Waals surface area contributed by atoms with Gasteiger partial charge in [0, 0.05) is 0 Å². The van der Waals surface area contributed by atoms with Crippen LogP contribution >= 0.6 is 0 Å². The van der Waals surface area contributed by atoms with E-state index in [9.17, 15) is 24.9 Å². The molecule has 0 saturated heterocycles. The van der Waals surface area contributed by atoms with Crippen LogP contribution in [0.3, 0.4) is 0 Å². The number of carbonyl (C=O) groups excluding carboxylic acids is 1. The van der Waals surface area contributed by atoms with E-state index >= 15 is 0 Å². The third-order valence-corrected chi connectivity index (χ3v) is 13.0. The monoisotopic (exact) mass is 486 g/mol. The zero-order chi connectivity index (χ0) is 25.8. The normalized spacial score (nSPS) is 54.9. The molecule has 0 heterocycles. The largest absolute Gasteiger partial charge is 0.481 e. The van der Waals surface area contributed by atoms with E-state index in [1.807, 2.05) is 6.92 Å². The van der Waals surface area contributed by atoms with E-state index in [0.29, 0.717) is 6.42 Å². The molecule has 0 unspecified atom stereocenters. The number of hydrogen-bond acceptors (Lipinski definition) is 4. The van der Waals surface area contributed by atoms with Gasteiger partial charge in [0.25, 0.3) is 0 Å². The Morgan fingerprint density at radius 1 is 0.943 bits per heavy atom. The molecule has 0 aliphatic heterocycles. The fourth-order valence-electron chi connectivity index (χ4n) is 10.6. The van der Waals surface area contributed by atoms with Crippen LogP contribution in [0.4, 0.5) is 0 Å². The SMILES string of the molecule is CC1(C)CC[C@]2(C(=O)O)CC[C@]3(C)C(=CC[C@@H]4[C@@]5(C)C[C@@H](O)[C@H](O)[C@@](C)(C=O)[C@@H]5CC[C@]43C)[C@@H]2C1. The van der Waals surface area contributed by atoms with Crippen molar-refractivity contribution in [2.75, 3.05) is 0 Å². The molecular weight excluding hydrogens is 440 g/mol. The van der Waals surface area contributed by atoms with Crippen LogP contribution in [-0.4, -0.2) is 39.8 Å². The number of allylic oxidation sites excluding steroid dienone is 2. The van der Waals surface area contributed by atoms with Crippen LogP contribution in [0.5, 0.6) is 0 Å². The Kier molecular flexibility index (Phi) is 5.40. The average molecular weight is 487 g/mol. The van der Waals surface area contributed by atoms with Crippen LogP contribution in [0, 0.1) is 50.2 Å². The lowest BCUT2D eigenvalue weighted by Gasteiger charge is -2.71. The number of fused-ring (bicyclic) bond motifs is 7. The average Bonchev–Trinajstić information content (AvgIpc) is 2.77. The topological polar surface area (TPSA) is 94.8 Å². The van der Waals surface area contributed by atoms with Gasteiger partial charge in [-0.2, -0.15) is 0 Å². The van der Waals surface area contributed by atoms with Crippen molar-refractivity contribution < 1.29 is 24.9 Å². The van der Waals surface area contributed by atoms with E-state index in [-0.39, 0.29) is 39.4 Å². The van der Waals surface area contributed by atoms with Crippen molar-refractivity contribution >= 4 is 12.3 Å². The Bertz CT molecular complexity index is 970. The molecule has 3 N–H and O–H groups in total. The molecule has 10 atom stereocenters. The van der Waals surface area contributed by atoms with Gasteiger partial charge < -0.3 is 20.1 Å².